The monoisotopic (exact) mass is 716 g/mol. The molecule has 0 bridgehead atoms. The van der Waals surface area contributed by atoms with E-state index in [4.69, 9.17) is 14.5 Å². The fourth-order valence-corrected chi connectivity index (χ4v) is 8.04. The number of Topliss-reactive ketones (excluding diaryl/α,β-unsaturated/α-hetero) is 1. The van der Waals surface area contributed by atoms with Crippen molar-refractivity contribution < 1.29 is 23.9 Å². The number of aromatic amines is 2. The summed E-state index contributed by atoms with van der Waals surface area (Å²) in [5, 5.41) is 11.7. The van der Waals surface area contributed by atoms with Crippen molar-refractivity contribution in [3.63, 3.8) is 0 Å². The zero-order valence-electron chi connectivity index (χ0n) is 30.4. The highest BCUT2D eigenvalue weighted by Gasteiger charge is 2.42. The van der Waals surface area contributed by atoms with Gasteiger partial charge < -0.3 is 29.3 Å². The number of hydrogen-bond donors (Lipinski definition) is 3. The van der Waals surface area contributed by atoms with Gasteiger partial charge in [-0.05, 0) is 74.8 Å². The first-order chi connectivity index (χ1) is 25.5. The van der Waals surface area contributed by atoms with E-state index in [2.05, 4.69) is 78.7 Å². The summed E-state index contributed by atoms with van der Waals surface area (Å²) < 4.78 is 12.6. The van der Waals surface area contributed by atoms with Crippen molar-refractivity contribution in [1.82, 2.24) is 39.9 Å². The van der Waals surface area contributed by atoms with Crippen molar-refractivity contribution in [2.24, 2.45) is 0 Å². The van der Waals surface area contributed by atoms with E-state index < -0.39 is 17.6 Å². The number of carbonyl (C=O) groups excluding carboxylic acids is 3. The second kappa shape index (κ2) is 13.7. The summed E-state index contributed by atoms with van der Waals surface area (Å²) in [6.45, 7) is 6.86. The van der Waals surface area contributed by atoms with E-state index in [0.29, 0.717) is 37.6 Å². The SMILES string of the molecule is COC(=O)N[C@H]1CCc2ccn3c2C1C(=O)C[C@H](c1ncc(-c2ccc(-c4ccc(-c5nnc([C@@H]6CCCN6C(=O)OC(C)(C)C)[nH]5)cc4)cc2)[nH]1)C3. The van der Waals surface area contributed by atoms with Crippen LogP contribution in [0.1, 0.15) is 87.2 Å². The zero-order valence-corrected chi connectivity index (χ0v) is 30.4. The number of aromatic nitrogens is 6. The number of methoxy groups -OCH3 is 1. The minimum Gasteiger partial charge on any atom is -0.453 e. The summed E-state index contributed by atoms with van der Waals surface area (Å²) in [5.41, 5.74) is 6.51. The lowest BCUT2D eigenvalue weighted by Gasteiger charge is -2.31. The Hall–Kier alpha value is -5.72. The van der Waals surface area contributed by atoms with Crippen LogP contribution in [-0.4, -0.2) is 77.9 Å². The molecule has 2 aliphatic heterocycles. The summed E-state index contributed by atoms with van der Waals surface area (Å²) in [6, 6.07) is 18.1. The highest BCUT2D eigenvalue weighted by molar-refractivity contribution is 5.88. The summed E-state index contributed by atoms with van der Waals surface area (Å²) in [6.07, 6.45) is 6.54. The molecule has 0 saturated carbocycles. The van der Waals surface area contributed by atoms with E-state index >= 15 is 0 Å². The average Bonchev–Trinajstić information content (AvgIpc) is 3.97. The number of hydrogen-bond acceptors (Lipinski definition) is 8. The summed E-state index contributed by atoms with van der Waals surface area (Å²) in [5.74, 6) is 1.65. The first-order valence-electron chi connectivity index (χ1n) is 18.3. The fourth-order valence-electron chi connectivity index (χ4n) is 8.04. The molecule has 5 heterocycles. The van der Waals surface area contributed by atoms with Crippen LogP contribution in [-0.2, 0) is 27.2 Å². The van der Waals surface area contributed by atoms with E-state index in [1.54, 1.807) is 4.90 Å². The molecule has 53 heavy (non-hydrogen) atoms. The van der Waals surface area contributed by atoms with E-state index in [0.717, 1.165) is 58.7 Å². The molecule has 3 N–H and O–H groups in total. The van der Waals surface area contributed by atoms with Crippen LogP contribution in [0.25, 0.3) is 33.8 Å². The molecule has 3 aromatic heterocycles. The molecular formula is C40H44N8O5. The molecular weight excluding hydrogens is 672 g/mol. The van der Waals surface area contributed by atoms with Crippen molar-refractivity contribution in [3.8, 4) is 33.8 Å². The summed E-state index contributed by atoms with van der Waals surface area (Å²) in [4.78, 5) is 52.0. The average molecular weight is 717 g/mol. The third-order valence-electron chi connectivity index (χ3n) is 10.6. The Morgan fingerprint density at radius 2 is 1.62 bits per heavy atom. The van der Waals surface area contributed by atoms with Crippen LogP contribution in [0.4, 0.5) is 9.59 Å². The normalized spacial score (nSPS) is 21.2. The number of amides is 2. The van der Waals surface area contributed by atoms with Gasteiger partial charge in [-0.15, -0.1) is 10.2 Å². The third-order valence-corrected chi connectivity index (χ3v) is 10.6. The second-order valence-electron chi connectivity index (χ2n) is 15.2. The molecule has 13 heteroatoms. The largest absolute Gasteiger partial charge is 0.453 e. The van der Waals surface area contributed by atoms with Crippen LogP contribution in [0, 0.1) is 0 Å². The van der Waals surface area contributed by atoms with Gasteiger partial charge in [-0.2, -0.15) is 0 Å². The van der Waals surface area contributed by atoms with E-state index in [9.17, 15) is 14.4 Å². The first kappa shape index (κ1) is 34.4. The predicted molar refractivity (Wildman–Crippen MR) is 197 cm³/mol. The van der Waals surface area contributed by atoms with Crippen LogP contribution in [0.15, 0.2) is 67.0 Å². The number of likely N-dealkylation sites (tertiary alicyclic amines) is 1. The molecule has 2 amide bonds. The standard InChI is InChI=1S/C40H44N8O5/c1-40(2,3)53-39(51)48-18-5-6-31(48)37-44-36(45-46-37)27-13-9-24(10-14-27)23-7-11-25(12-8-23)30-21-41-35(42-30)28-20-32(49)33-29(43-38(50)52-4)16-15-26-17-19-47(22-28)34(26)33/h7-14,17,19,21,28-29,31,33H,5-6,15-16,18,20,22H2,1-4H3,(H,41,42)(H,43,50)(H,44,45,46)/t28-,29-,31-,33?/m0/s1. The molecule has 1 fully saturated rings. The lowest BCUT2D eigenvalue weighted by atomic mass is 9.79. The Balaban J connectivity index is 0.939. The van der Waals surface area contributed by atoms with E-state index in [1.807, 2.05) is 39.1 Å². The van der Waals surface area contributed by atoms with Gasteiger partial charge in [-0.25, -0.2) is 14.6 Å². The molecule has 4 atom stereocenters. The molecule has 8 rings (SSSR count). The maximum Gasteiger partial charge on any atom is 0.410 e. The number of nitrogens with one attached hydrogen (secondary N) is 3. The molecule has 13 nitrogen and oxygen atoms in total. The minimum absolute atomic E-state index is 0.102. The van der Waals surface area contributed by atoms with Crippen molar-refractivity contribution in [3.05, 3.63) is 89.9 Å². The number of imidazole rings is 1. The van der Waals surface area contributed by atoms with Gasteiger partial charge in [0.25, 0.3) is 0 Å². The summed E-state index contributed by atoms with van der Waals surface area (Å²) in [7, 11) is 1.34. The number of aryl methyl sites for hydroxylation is 1. The minimum atomic E-state index is -0.563. The molecule has 3 aliphatic rings. The van der Waals surface area contributed by atoms with Crippen molar-refractivity contribution in [2.75, 3.05) is 13.7 Å². The van der Waals surface area contributed by atoms with Gasteiger partial charge in [0, 0.05) is 48.9 Å². The molecule has 0 spiro atoms. The molecule has 2 aromatic carbocycles. The maximum atomic E-state index is 13.8. The Morgan fingerprint density at radius 1 is 0.906 bits per heavy atom. The highest BCUT2D eigenvalue weighted by atomic mass is 16.6. The van der Waals surface area contributed by atoms with Crippen molar-refractivity contribution in [1.29, 1.82) is 0 Å². The Labute approximate surface area is 307 Å². The number of carbonyl (C=O) groups is 3. The predicted octanol–water partition coefficient (Wildman–Crippen LogP) is 6.91. The number of alkyl carbamates (subject to hydrolysis) is 1. The van der Waals surface area contributed by atoms with Gasteiger partial charge in [0.2, 0.25) is 0 Å². The maximum absolute atomic E-state index is 13.8. The van der Waals surface area contributed by atoms with Crippen LogP contribution in [0.3, 0.4) is 0 Å². The topological polar surface area (TPSA) is 160 Å². The smallest absolute Gasteiger partial charge is 0.410 e. The Kier molecular flexibility index (Phi) is 8.87. The number of benzene rings is 2. The highest BCUT2D eigenvalue weighted by Crippen LogP contribution is 2.40. The van der Waals surface area contributed by atoms with Crippen LogP contribution >= 0.6 is 0 Å². The van der Waals surface area contributed by atoms with Gasteiger partial charge >= 0.3 is 12.2 Å². The molecule has 5 aromatic rings. The van der Waals surface area contributed by atoms with Crippen LogP contribution < -0.4 is 5.32 Å². The lowest BCUT2D eigenvalue weighted by molar-refractivity contribution is -0.121. The van der Waals surface area contributed by atoms with Gasteiger partial charge in [-0.1, -0.05) is 48.5 Å². The first-order valence-corrected chi connectivity index (χ1v) is 18.3. The van der Waals surface area contributed by atoms with Gasteiger partial charge in [-0.3, -0.25) is 9.69 Å². The Morgan fingerprint density at radius 3 is 2.34 bits per heavy atom. The van der Waals surface area contributed by atoms with Crippen molar-refractivity contribution in [2.45, 2.75) is 88.9 Å². The number of H-pyrrole nitrogens is 2. The van der Waals surface area contributed by atoms with Crippen LogP contribution in [0.5, 0.6) is 0 Å². The van der Waals surface area contributed by atoms with Crippen molar-refractivity contribution >= 4 is 18.0 Å². The third kappa shape index (κ3) is 6.83. The molecule has 274 valence electrons. The van der Waals surface area contributed by atoms with E-state index in [1.165, 1.54) is 12.7 Å². The molecule has 1 saturated heterocycles. The summed E-state index contributed by atoms with van der Waals surface area (Å²) >= 11 is 0. The number of nitrogens with zero attached hydrogens (tertiary/aromatic N) is 5. The zero-order chi connectivity index (χ0) is 36.9. The number of ether oxygens (including phenoxy) is 2. The lowest BCUT2D eigenvalue weighted by Crippen LogP contribution is -2.44. The Bertz CT molecular complexity index is 2140. The second-order valence-corrected chi connectivity index (χ2v) is 15.2. The quantitative estimate of drug-likeness (QED) is 0.171. The molecule has 0 radical (unpaired) electrons. The van der Waals surface area contributed by atoms with Gasteiger partial charge in [0.15, 0.2) is 11.6 Å². The molecule has 1 unspecified atom stereocenters. The van der Waals surface area contributed by atoms with Crippen LogP contribution in [0.2, 0.25) is 0 Å². The van der Waals surface area contributed by atoms with E-state index in [-0.39, 0.29) is 29.9 Å². The fraction of sp³-hybridized carbons (Fsp3) is 0.400. The molecule has 1 aliphatic carbocycles. The van der Waals surface area contributed by atoms with Gasteiger partial charge in [0.05, 0.1) is 31.0 Å². The number of ketones is 1. The van der Waals surface area contributed by atoms with Gasteiger partial charge in [0.1, 0.15) is 17.2 Å². The number of rotatable bonds is 6.